The van der Waals surface area contributed by atoms with Gasteiger partial charge in [-0.2, -0.15) is 5.01 Å². The topological polar surface area (TPSA) is 97.0 Å². The fourth-order valence-corrected chi connectivity index (χ4v) is 3.39. The summed E-state index contributed by atoms with van der Waals surface area (Å²) in [5.41, 5.74) is 2.39. The molecule has 4 amide bonds. The molecule has 8 heteroatoms. The number of ether oxygens (including phenoxy) is 2. The first kappa shape index (κ1) is 20.9. The Hall–Kier alpha value is -3.81. The third-order valence-electron chi connectivity index (χ3n) is 4.96. The van der Waals surface area contributed by atoms with E-state index in [2.05, 4.69) is 10.7 Å². The predicted molar refractivity (Wildman–Crippen MR) is 111 cm³/mol. The molecule has 0 saturated carbocycles. The number of urea groups is 1. The fraction of sp³-hybridized carbons (Fsp3) is 0.227. The Kier molecular flexibility index (Phi) is 6.06. The number of hydrazine groups is 1. The average molecular weight is 409 g/mol. The first-order chi connectivity index (χ1) is 14.5. The summed E-state index contributed by atoms with van der Waals surface area (Å²) in [6, 6.07) is 13.5. The molecule has 0 unspecified atom stereocenters. The number of rotatable bonds is 7. The quantitative estimate of drug-likeness (QED) is 0.541. The summed E-state index contributed by atoms with van der Waals surface area (Å²) < 4.78 is 10.6. The zero-order chi connectivity index (χ0) is 21.7. The van der Waals surface area contributed by atoms with E-state index in [-0.39, 0.29) is 0 Å². The molecule has 1 fully saturated rings. The SMILES string of the molecule is CC[C@]1(c2ccccc2)NC(=O)N(NC(=O)/C=C/c2cccc(OC)c2OC)C1=O. The molecule has 30 heavy (non-hydrogen) atoms. The molecule has 1 aliphatic heterocycles. The average Bonchev–Trinajstić information content (AvgIpc) is 3.02. The van der Waals surface area contributed by atoms with Gasteiger partial charge in [0.05, 0.1) is 14.2 Å². The van der Waals surface area contributed by atoms with E-state index in [1.54, 1.807) is 49.4 Å². The number of methoxy groups -OCH3 is 2. The summed E-state index contributed by atoms with van der Waals surface area (Å²) in [5.74, 6) is -0.192. The van der Waals surface area contributed by atoms with Crippen molar-refractivity contribution in [1.82, 2.24) is 15.8 Å². The predicted octanol–water partition coefficient (Wildman–Crippen LogP) is 2.61. The Morgan fingerprint density at radius 1 is 1.10 bits per heavy atom. The van der Waals surface area contributed by atoms with E-state index in [0.29, 0.717) is 34.1 Å². The number of nitrogens with one attached hydrogen (secondary N) is 2. The van der Waals surface area contributed by atoms with Crippen molar-refractivity contribution in [3.05, 3.63) is 65.7 Å². The number of hydrogen-bond donors (Lipinski definition) is 2. The highest BCUT2D eigenvalue weighted by Gasteiger charge is 2.52. The fourth-order valence-electron chi connectivity index (χ4n) is 3.39. The first-order valence-electron chi connectivity index (χ1n) is 9.38. The van der Waals surface area contributed by atoms with Crippen LogP contribution in [0.15, 0.2) is 54.6 Å². The van der Waals surface area contributed by atoms with E-state index >= 15 is 0 Å². The van der Waals surface area contributed by atoms with Gasteiger partial charge in [0.1, 0.15) is 5.54 Å². The van der Waals surface area contributed by atoms with Crippen molar-refractivity contribution in [3.8, 4) is 11.5 Å². The van der Waals surface area contributed by atoms with Crippen LogP contribution in [0.1, 0.15) is 24.5 Å². The lowest BCUT2D eigenvalue weighted by Crippen LogP contribution is -2.48. The van der Waals surface area contributed by atoms with Crippen molar-refractivity contribution >= 4 is 23.9 Å². The van der Waals surface area contributed by atoms with E-state index in [1.165, 1.54) is 26.4 Å². The van der Waals surface area contributed by atoms with E-state index in [1.807, 2.05) is 6.07 Å². The summed E-state index contributed by atoms with van der Waals surface area (Å²) in [5, 5.41) is 3.42. The number of nitrogens with zero attached hydrogens (tertiary/aromatic N) is 1. The third kappa shape index (κ3) is 3.71. The van der Waals surface area contributed by atoms with Gasteiger partial charge in [0.2, 0.25) is 0 Å². The van der Waals surface area contributed by atoms with Crippen molar-refractivity contribution in [2.24, 2.45) is 0 Å². The standard InChI is InChI=1S/C22H23N3O5/c1-4-22(16-10-6-5-7-11-16)20(27)25(21(28)23-22)24-18(26)14-13-15-9-8-12-17(29-2)19(15)30-3/h5-14H,4H2,1-3H3,(H,23,28)(H,24,26)/b14-13+/t22-/m1/s1. The minimum Gasteiger partial charge on any atom is -0.493 e. The Balaban J connectivity index is 1.78. The summed E-state index contributed by atoms with van der Waals surface area (Å²) in [6.45, 7) is 1.80. The number of para-hydroxylation sites is 1. The van der Waals surface area contributed by atoms with Crippen molar-refractivity contribution in [1.29, 1.82) is 0 Å². The molecule has 2 aromatic rings. The molecule has 2 N–H and O–H groups in total. The van der Waals surface area contributed by atoms with Gasteiger partial charge in [0.15, 0.2) is 11.5 Å². The van der Waals surface area contributed by atoms with Gasteiger partial charge in [0.25, 0.3) is 11.8 Å². The van der Waals surface area contributed by atoms with Crippen LogP contribution < -0.4 is 20.2 Å². The number of benzene rings is 2. The number of hydrogen-bond acceptors (Lipinski definition) is 5. The van der Waals surface area contributed by atoms with Crippen LogP contribution in [0.5, 0.6) is 11.5 Å². The van der Waals surface area contributed by atoms with Gasteiger partial charge in [-0.3, -0.25) is 15.0 Å². The Morgan fingerprint density at radius 2 is 1.83 bits per heavy atom. The van der Waals surface area contributed by atoms with Crippen LogP contribution >= 0.6 is 0 Å². The van der Waals surface area contributed by atoms with Gasteiger partial charge in [0, 0.05) is 11.6 Å². The van der Waals surface area contributed by atoms with Gasteiger partial charge < -0.3 is 14.8 Å². The molecule has 8 nitrogen and oxygen atoms in total. The molecule has 156 valence electrons. The van der Waals surface area contributed by atoms with Gasteiger partial charge in [-0.1, -0.05) is 49.4 Å². The van der Waals surface area contributed by atoms with Crippen molar-refractivity contribution in [2.75, 3.05) is 14.2 Å². The number of carbonyl (C=O) groups is 3. The molecule has 1 atom stereocenters. The highest BCUT2D eigenvalue weighted by atomic mass is 16.5. The lowest BCUT2D eigenvalue weighted by molar-refractivity contribution is -0.138. The molecule has 0 radical (unpaired) electrons. The molecule has 1 heterocycles. The second kappa shape index (κ2) is 8.69. The van der Waals surface area contributed by atoms with Crippen molar-refractivity contribution < 1.29 is 23.9 Å². The van der Waals surface area contributed by atoms with E-state index < -0.39 is 23.4 Å². The number of imide groups is 1. The molecule has 2 aromatic carbocycles. The van der Waals surface area contributed by atoms with Crippen LogP contribution in [0, 0.1) is 0 Å². The lowest BCUT2D eigenvalue weighted by atomic mass is 9.87. The Labute approximate surface area is 174 Å². The Bertz CT molecular complexity index is 990. The Morgan fingerprint density at radius 3 is 2.47 bits per heavy atom. The summed E-state index contributed by atoms with van der Waals surface area (Å²) >= 11 is 0. The maximum absolute atomic E-state index is 13.0. The largest absolute Gasteiger partial charge is 0.493 e. The summed E-state index contributed by atoms with van der Waals surface area (Å²) in [7, 11) is 3.01. The second-order valence-corrected chi connectivity index (χ2v) is 6.59. The van der Waals surface area contributed by atoms with Crippen LogP contribution in [-0.4, -0.2) is 37.1 Å². The maximum atomic E-state index is 13.0. The molecule has 0 aromatic heterocycles. The van der Waals surface area contributed by atoms with Gasteiger partial charge in [-0.05, 0) is 24.1 Å². The third-order valence-corrected chi connectivity index (χ3v) is 4.96. The van der Waals surface area contributed by atoms with Crippen LogP contribution in [0.4, 0.5) is 4.79 Å². The molecule has 0 bridgehead atoms. The van der Waals surface area contributed by atoms with Gasteiger partial charge >= 0.3 is 6.03 Å². The lowest BCUT2D eigenvalue weighted by Gasteiger charge is -2.25. The second-order valence-electron chi connectivity index (χ2n) is 6.59. The van der Waals surface area contributed by atoms with E-state index in [0.717, 1.165) is 0 Å². The maximum Gasteiger partial charge on any atom is 0.344 e. The van der Waals surface area contributed by atoms with Crippen LogP contribution in [0.2, 0.25) is 0 Å². The van der Waals surface area contributed by atoms with E-state index in [9.17, 15) is 14.4 Å². The van der Waals surface area contributed by atoms with E-state index in [4.69, 9.17) is 9.47 Å². The highest BCUT2D eigenvalue weighted by molar-refractivity contribution is 6.09. The molecular weight excluding hydrogens is 386 g/mol. The molecule has 0 aliphatic carbocycles. The zero-order valence-electron chi connectivity index (χ0n) is 17.0. The van der Waals surface area contributed by atoms with Crippen LogP contribution in [-0.2, 0) is 15.1 Å². The number of carbonyl (C=O) groups excluding carboxylic acids is 3. The molecular formula is C22H23N3O5. The summed E-state index contributed by atoms with van der Waals surface area (Å²) in [6.07, 6.45) is 3.07. The highest BCUT2D eigenvalue weighted by Crippen LogP contribution is 2.32. The normalized spacial score (nSPS) is 18.4. The summed E-state index contributed by atoms with van der Waals surface area (Å²) in [4.78, 5) is 37.9. The smallest absolute Gasteiger partial charge is 0.344 e. The monoisotopic (exact) mass is 409 g/mol. The van der Waals surface area contributed by atoms with Crippen LogP contribution in [0.25, 0.3) is 6.08 Å². The minimum atomic E-state index is -1.22. The number of amides is 4. The van der Waals surface area contributed by atoms with Gasteiger partial charge in [-0.15, -0.1) is 0 Å². The van der Waals surface area contributed by atoms with Crippen LogP contribution in [0.3, 0.4) is 0 Å². The van der Waals surface area contributed by atoms with Crippen molar-refractivity contribution in [2.45, 2.75) is 18.9 Å². The molecule has 3 rings (SSSR count). The van der Waals surface area contributed by atoms with Gasteiger partial charge in [-0.25, -0.2) is 4.79 Å². The first-order valence-corrected chi connectivity index (χ1v) is 9.38. The zero-order valence-corrected chi connectivity index (χ0v) is 17.0. The molecule has 1 saturated heterocycles. The minimum absolute atomic E-state index is 0.338. The molecule has 0 spiro atoms. The molecule has 1 aliphatic rings. The van der Waals surface area contributed by atoms with Crippen molar-refractivity contribution in [3.63, 3.8) is 0 Å².